The number of nitrogens with zero attached hydrogens (tertiary/aromatic N) is 1. The molecule has 29 heavy (non-hydrogen) atoms. The Labute approximate surface area is 187 Å². The molecule has 5 nitrogen and oxygen atoms in total. The van der Waals surface area contributed by atoms with Gasteiger partial charge in [-0.25, -0.2) is 0 Å². The number of ether oxygens (including phenoxy) is 2. The first-order chi connectivity index (χ1) is 14.0. The average Bonchev–Trinajstić information content (AvgIpc) is 3.24. The van der Waals surface area contributed by atoms with Crippen LogP contribution in [0.25, 0.3) is 6.08 Å². The van der Waals surface area contributed by atoms with E-state index in [0.29, 0.717) is 18.9 Å². The van der Waals surface area contributed by atoms with Gasteiger partial charge in [-0.05, 0) is 70.2 Å². The van der Waals surface area contributed by atoms with E-state index in [2.05, 4.69) is 37.2 Å². The number of nitrogens with one attached hydrogen (secondary N) is 1. The quantitative estimate of drug-likeness (QED) is 0.413. The fourth-order valence-electron chi connectivity index (χ4n) is 2.89. The molecule has 1 fully saturated rings. The molecule has 1 aliphatic heterocycles. The lowest BCUT2D eigenvalue weighted by molar-refractivity contribution is -0.117. The van der Waals surface area contributed by atoms with Crippen molar-refractivity contribution in [2.75, 3.05) is 13.2 Å². The molecular weight excluding hydrogens is 500 g/mol. The van der Waals surface area contributed by atoms with Crippen molar-refractivity contribution < 1.29 is 14.3 Å². The van der Waals surface area contributed by atoms with Gasteiger partial charge in [0, 0.05) is 17.6 Å². The summed E-state index contributed by atoms with van der Waals surface area (Å²) in [5.41, 5.74) is 1.84. The van der Waals surface area contributed by atoms with Crippen molar-refractivity contribution in [1.29, 1.82) is 5.26 Å². The first-order valence-corrected chi connectivity index (χ1v) is 10.8. The molecule has 3 rings (SSSR count). The van der Waals surface area contributed by atoms with E-state index in [-0.39, 0.29) is 11.7 Å². The molecule has 1 amide bonds. The first-order valence-electron chi connectivity index (χ1n) is 9.23. The van der Waals surface area contributed by atoms with Gasteiger partial charge in [0.25, 0.3) is 5.91 Å². The van der Waals surface area contributed by atoms with Crippen LogP contribution in [-0.4, -0.2) is 25.2 Å². The summed E-state index contributed by atoms with van der Waals surface area (Å²) in [6.45, 7) is 1.59. The molecule has 0 radical (unpaired) electrons. The summed E-state index contributed by atoms with van der Waals surface area (Å²) in [7, 11) is 0. The number of benzene rings is 2. The van der Waals surface area contributed by atoms with Gasteiger partial charge in [0.1, 0.15) is 24.0 Å². The summed E-state index contributed by atoms with van der Waals surface area (Å²) in [5, 5.41) is 12.1. The summed E-state index contributed by atoms with van der Waals surface area (Å²) in [6, 6.07) is 15.3. The van der Waals surface area contributed by atoms with E-state index in [1.165, 1.54) is 0 Å². The van der Waals surface area contributed by atoms with Crippen molar-refractivity contribution in [3.63, 3.8) is 0 Å². The third kappa shape index (κ3) is 6.43. The molecule has 1 N–H and O–H groups in total. The molecule has 1 atom stereocenters. The minimum atomic E-state index is -0.394. The Balaban J connectivity index is 1.61. The Morgan fingerprint density at radius 2 is 2.07 bits per heavy atom. The molecule has 1 heterocycles. The maximum Gasteiger partial charge on any atom is 0.262 e. The van der Waals surface area contributed by atoms with Crippen LogP contribution in [0.15, 0.2) is 57.0 Å². The summed E-state index contributed by atoms with van der Waals surface area (Å²) < 4.78 is 13.1. The predicted molar refractivity (Wildman–Crippen MR) is 118 cm³/mol. The van der Waals surface area contributed by atoms with Gasteiger partial charge in [-0.2, -0.15) is 5.26 Å². The normalized spacial score (nSPS) is 16.3. The maximum atomic E-state index is 12.3. The number of halogens is 2. The molecule has 2 aromatic carbocycles. The van der Waals surface area contributed by atoms with Crippen LogP contribution >= 0.6 is 31.9 Å². The van der Waals surface area contributed by atoms with Gasteiger partial charge in [0.05, 0.1) is 10.6 Å². The second-order valence-corrected chi connectivity index (χ2v) is 8.39. The molecule has 0 aliphatic carbocycles. The predicted octanol–water partition coefficient (Wildman–Crippen LogP) is 4.99. The summed E-state index contributed by atoms with van der Waals surface area (Å²) in [4.78, 5) is 12.3. The van der Waals surface area contributed by atoms with E-state index >= 15 is 0 Å². The third-order valence-electron chi connectivity index (χ3n) is 4.45. The number of hydrogen-bond donors (Lipinski definition) is 1. The highest BCUT2D eigenvalue weighted by Crippen LogP contribution is 2.28. The lowest BCUT2D eigenvalue weighted by Gasteiger charge is -2.11. The zero-order chi connectivity index (χ0) is 20.6. The largest absolute Gasteiger partial charge is 0.488 e. The summed E-state index contributed by atoms with van der Waals surface area (Å²) >= 11 is 6.91. The highest BCUT2D eigenvalue weighted by Gasteiger charge is 2.17. The van der Waals surface area contributed by atoms with E-state index in [0.717, 1.165) is 39.5 Å². The molecule has 1 aliphatic rings. The fourth-order valence-corrected chi connectivity index (χ4v) is 3.66. The minimum Gasteiger partial charge on any atom is -0.488 e. The van der Waals surface area contributed by atoms with Gasteiger partial charge in [0.2, 0.25) is 0 Å². The van der Waals surface area contributed by atoms with Gasteiger partial charge >= 0.3 is 0 Å². The highest BCUT2D eigenvalue weighted by atomic mass is 79.9. The zero-order valence-electron chi connectivity index (χ0n) is 15.7. The Morgan fingerprint density at radius 1 is 1.28 bits per heavy atom. The lowest BCUT2D eigenvalue weighted by atomic mass is 10.1. The van der Waals surface area contributed by atoms with E-state index in [1.807, 2.05) is 48.5 Å². The van der Waals surface area contributed by atoms with Crippen molar-refractivity contribution in [3.8, 4) is 11.8 Å². The molecule has 1 unspecified atom stereocenters. The third-order valence-corrected chi connectivity index (χ3v) is 5.60. The van der Waals surface area contributed by atoms with Gasteiger partial charge in [-0.3, -0.25) is 4.79 Å². The van der Waals surface area contributed by atoms with Crippen molar-refractivity contribution in [3.05, 3.63) is 68.1 Å². The van der Waals surface area contributed by atoms with E-state index < -0.39 is 5.91 Å². The molecule has 1 saturated heterocycles. The number of rotatable bonds is 7. The second-order valence-electron chi connectivity index (χ2n) is 6.62. The van der Waals surface area contributed by atoms with Crippen molar-refractivity contribution in [1.82, 2.24) is 5.32 Å². The van der Waals surface area contributed by atoms with Crippen molar-refractivity contribution in [2.45, 2.75) is 25.6 Å². The number of amides is 1. The van der Waals surface area contributed by atoms with Crippen LogP contribution in [0, 0.1) is 11.3 Å². The van der Waals surface area contributed by atoms with Crippen LogP contribution in [0.5, 0.6) is 5.75 Å². The topological polar surface area (TPSA) is 71.3 Å². The molecule has 2 aromatic rings. The minimum absolute atomic E-state index is 0.0372. The van der Waals surface area contributed by atoms with Gasteiger partial charge in [-0.1, -0.05) is 34.1 Å². The van der Waals surface area contributed by atoms with Gasteiger partial charge < -0.3 is 14.8 Å². The van der Waals surface area contributed by atoms with Crippen molar-refractivity contribution >= 4 is 43.8 Å². The second kappa shape index (κ2) is 10.6. The Bertz CT molecular complexity index is 930. The standard InChI is InChI=1S/C22H20Br2N2O3/c23-18-6-3-15(4-7-18)14-29-21-8-5-16(11-20(21)24)10-17(12-25)22(27)26-13-19-2-1-9-28-19/h3-8,10-11,19H,1-2,9,13-14H2,(H,26,27). The number of nitriles is 1. The summed E-state index contributed by atoms with van der Waals surface area (Å²) in [6.07, 6.45) is 3.54. The first kappa shape index (κ1) is 21.6. The van der Waals surface area contributed by atoms with Crippen LogP contribution in [-0.2, 0) is 16.1 Å². The van der Waals surface area contributed by atoms with Crippen molar-refractivity contribution in [2.24, 2.45) is 0 Å². The van der Waals surface area contributed by atoms with Gasteiger partial charge in [0.15, 0.2) is 0 Å². The Hall–Kier alpha value is -2.14. The van der Waals surface area contributed by atoms with Crippen LogP contribution in [0.2, 0.25) is 0 Å². The van der Waals surface area contributed by atoms with Crippen LogP contribution in [0.3, 0.4) is 0 Å². The smallest absolute Gasteiger partial charge is 0.262 e. The number of hydrogen-bond acceptors (Lipinski definition) is 4. The molecule has 0 saturated carbocycles. The monoisotopic (exact) mass is 518 g/mol. The molecule has 0 aromatic heterocycles. The maximum absolute atomic E-state index is 12.3. The van der Waals surface area contributed by atoms with Crippen LogP contribution in [0.4, 0.5) is 0 Å². The van der Waals surface area contributed by atoms with Crippen LogP contribution in [0.1, 0.15) is 24.0 Å². The average molecular weight is 520 g/mol. The van der Waals surface area contributed by atoms with Crippen LogP contribution < -0.4 is 10.1 Å². The Kier molecular flexibility index (Phi) is 7.87. The SMILES string of the molecule is N#CC(=Cc1ccc(OCc2ccc(Br)cc2)c(Br)c1)C(=O)NCC1CCCO1. The number of carbonyl (C=O) groups excluding carboxylic acids is 1. The lowest BCUT2D eigenvalue weighted by Crippen LogP contribution is -2.32. The van der Waals surface area contributed by atoms with E-state index in [1.54, 1.807) is 6.08 Å². The zero-order valence-corrected chi connectivity index (χ0v) is 18.8. The Morgan fingerprint density at radius 3 is 2.72 bits per heavy atom. The van der Waals surface area contributed by atoms with Gasteiger partial charge in [-0.15, -0.1) is 0 Å². The highest BCUT2D eigenvalue weighted by molar-refractivity contribution is 9.10. The van der Waals surface area contributed by atoms with E-state index in [9.17, 15) is 10.1 Å². The molecule has 0 bridgehead atoms. The van der Waals surface area contributed by atoms with E-state index in [4.69, 9.17) is 9.47 Å². The number of carbonyl (C=O) groups is 1. The molecule has 150 valence electrons. The molecule has 0 spiro atoms. The molecular formula is C22H20Br2N2O3. The fraction of sp³-hybridized carbons (Fsp3) is 0.273. The summed E-state index contributed by atoms with van der Waals surface area (Å²) in [5.74, 6) is 0.293. The molecule has 7 heteroatoms.